The van der Waals surface area contributed by atoms with Crippen LogP contribution in [0.25, 0.3) is 0 Å². The summed E-state index contributed by atoms with van der Waals surface area (Å²) in [5.41, 5.74) is 4.45. The van der Waals surface area contributed by atoms with Gasteiger partial charge >= 0.3 is 0 Å². The SMILES string of the molecule is COc1ccc2c(c1C)C1CCCN[C@H]1C2. The molecule has 1 unspecified atom stereocenters. The Morgan fingerprint density at radius 2 is 2.25 bits per heavy atom. The van der Waals surface area contributed by atoms with Gasteiger partial charge in [-0.1, -0.05) is 6.07 Å². The lowest BCUT2D eigenvalue weighted by Gasteiger charge is -2.28. The molecular weight excluding hydrogens is 198 g/mol. The van der Waals surface area contributed by atoms with Crippen molar-refractivity contribution >= 4 is 0 Å². The smallest absolute Gasteiger partial charge is 0.122 e. The fourth-order valence-corrected chi connectivity index (χ4v) is 3.43. The first-order chi connectivity index (χ1) is 7.81. The first-order valence-corrected chi connectivity index (χ1v) is 6.21. The molecule has 86 valence electrons. The predicted octanol–water partition coefficient (Wildman–Crippen LogP) is 2.40. The highest BCUT2D eigenvalue weighted by molar-refractivity contribution is 5.50. The zero-order valence-corrected chi connectivity index (χ0v) is 10.0. The summed E-state index contributed by atoms with van der Waals surface area (Å²) in [4.78, 5) is 0. The van der Waals surface area contributed by atoms with Crippen molar-refractivity contribution in [2.24, 2.45) is 0 Å². The Labute approximate surface area is 97.0 Å². The van der Waals surface area contributed by atoms with Crippen LogP contribution in [-0.4, -0.2) is 19.7 Å². The second kappa shape index (κ2) is 3.77. The van der Waals surface area contributed by atoms with Gasteiger partial charge in [0.25, 0.3) is 0 Å². The van der Waals surface area contributed by atoms with E-state index in [1.165, 1.54) is 36.9 Å². The molecule has 1 aromatic rings. The van der Waals surface area contributed by atoms with Gasteiger partial charge in [-0.15, -0.1) is 0 Å². The molecule has 0 bridgehead atoms. The van der Waals surface area contributed by atoms with Gasteiger partial charge in [0.05, 0.1) is 7.11 Å². The van der Waals surface area contributed by atoms with E-state index in [0.29, 0.717) is 6.04 Å². The van der Waals surface area contributed by atoms with Crippen molar-refractivity contribution in [1.82, 2.24) is 5.32 Å². The van der Waals surface area contributed by atoms with E-state index >= 15 is 0 Å². The summed E-state index contributed by atoms with van der Waals surface area (Å²) in [6, 6.07) is 5.04. The van der Waals surface area contributed by atoms with E-state index in [-0.39, 0.29) is 0 Å². The van der Waals surface area contributed by atoms with Crippen LogP contribution >= 0.6 is 0 Å². The second-order valence-electron chi connectivity index (χ2n) is 4.98. The van der Waals surface area contributed by atoms with Gasteiger partial charge in [-0.25, -0.2) is 0 Å². The molecular formula is C14H19NO. The van der Waals surface area contributed by atoms with Crippen molar-refractivity contribution < 1.29 is 4.74 Å². The van der Waals surface area contributed by atoms with Crippen LogP contribution in [0.3, 0.4) is 0 Å². The molecule has 2 nitrogen and oxygen atoms in total. The lowest BCUT2D eigenvalue weighted by atomic mass is 9.88. The highest BCUT2D eigenvalue weighted by Gasteiger charge is 2.35. The molecule has 2 heteroatoms. The van der Waals surface area contributed by atoms with Gasteiger partial charge in [0.1, 0.15) is 5.75 Å². The fraction of sp³-hybridized carbons (Fsp3) is 0.571. The molecule has 1 aliphatic carbocycles. The largest absolute Gasteiger partial charge is 0.496 e. The Hall–Kier alpha value is -1.02. The van der Waals surface area contributed by atoms with E-state index in [0.717, 1.165) is 11.7 Å². The summed E-state index contributed by atoms with van der Waals surface area (Å²) in [6.45, 7) is 3.39. The summed E-state index contributed by atoms with van der Waals surface area (Å²) in [5.74, 6) is 1.77. The molecule has 0 aromatic heterocycles. The maximum atomic E-state index is 5.43. The van der Waals surface area contributed by atoms with Crippen LogP contribution < -0.4 is 10.1 Å². The van der Waals surface area contributed by atoms with Crippen LogP contribution in [0.1, 0.15) is 35.4 Å². The average Bonchev–Trinajstić information content (AvgIpc) is 2.68. The van der Waals surface area contributed by atoms with Gasteiger partial charge in [-0.2, -0.15) is 0 Å². The van der Waals surface area contributed by atoms with Gasteiger partial charge < -0.3 is 10.1 Å². The number of nitrogens with one attached hydrogen (secondary N) is 1. The fourth-order valence-electron chi connectivity index (χ4n) is 3.43. The van der Waals surface area contributed by atoms with E-state index in [2.05, 4.69) is 24.4 Å². The number of ether oxygens (including phenoxy) is 1. The minimum atomic E-state index is 0.676. The number of hydrogen-bond acceptors (Lipinski definition) is 2. The lowest BCUT2D eigenvalue weighted by Crippen LogP contribution is -2.37. The van der Waals surface area contributed by atoms with Gasteiger partial charge in [-0.05, 0) is 55.5 Å². The summed E-state index contributed by atoms with van der Waals surface area (Å²) in [5, 5.41) is 3.65. The van der Waals surface area contributed by atoms with Crippen molar-refractivity contribution in [3.8, 4) is 5.75 Å². The van der Waals surface area contributed by atoms with Crippen molar-refractivity contribution in [3.63, 3.8) is 0 Å². The first-order valence-electron chi connectivity index (χ1n) is 6.21. The van der Waals surface area contributed by atoms with Crippen LogP contribution in [0.15, 0.2) is 12.1 Å². The minimum Gasteiger partial charge on any atom is -0.496 e. The quantitative estimate of drug-likeness (QED) is 0.780. The van der Waals surface area contributed by atoms with Crippen LogP contribution in [0.2, 0.25) is 0 Å². The maximum Gasteiger partial charge on any atom is 0.122 e. The molecule has 0 saturated carbocycles. The number of piperidine rings is 1. The summed E-state index contributed by atoms with van der Waals surface area (Å²) in [6.07, 6.45) is 3.83. The Morgan fingerprint density at radius 3 is 3.06 bits per heavy atom. The zero-order valence-electron chi connectivity index (χ0n) is 10.0. The molecule has 1 aliphatic heterocycles. The van der Waals surface area contributed by atoms with Gasteiger partial charge in [0, 0.05) is 12.0 Å². The normalized spacial score (nSPS) is 27.4. The Kier molecular flexibility index (Phi) is 2.40. The Morgan fingerprint density at radius 1 is 1.38 bits per heavy atom. The van der Waals surface area contributed by atoms with Gasteiger partial charge in [-0.3, -0.25) is 0 Å². The highest BCUT2D eigenvalue weighted by Crippen LogP contribution is 2.42. The van der Waals surface area contributed by atoms with Crippen LogP contribution in [-0.2, 0) is 6.42 Å². The molecule has 1 fully saturated rings. The van der Waals surface area contributed by atoms with E-state index in [1.54, 1.807) is 12.7 Å². The van der Waals surface area contributed by atoms with Crippen LogP contribution in [0.4, 0.5) is 0 Å². The minimum absolute atomic E-state index is 0.676. The maximum absolute atomic E-state index is 5.43. The monoisotopic (exact) mass is 217 g/mol. The standard InChI is InChI=1S/C14H19NO/c1-9-13(16-2)6-5-10-8-12-11(14(9)10)4-3-7-15-12/h5-6,11-12,15H,3-4,7-8H2,1-2H3/t11?,12-/m0/s1. The van der Waals surface area contributed by atoms with E-state index < -0.39 is 0 Å². The molecule has 0 spiro atoms. The van der Waals surface area contributed by atoms with Gasteiger partial charge in [0.2, 0.25) is 0 Å². The third kappa shape index (κ3) is 1.36. The lowest BCUT2D eigenvalue weighted by molar-refractivity contribution is 0.370. The molecule has 16 heavy (non-hydrogen) atoms. The van der Waals surface area contributed by atoms with Crippen molar-refractivity contribution in [3.05, 3.63) is 28.8 Å². The van der Waals surface area contributed by atoms with Crippen LogP contribution in [0, 0.1) is 6.92 Å². The van der Waals surface area contributed by atoms with Crippen molar-refractivity contribution in [2.75, 3.05) is 13.7 Å². The number of fused-ring (bicyclic) bond motifs is 3. The van der Waals surface area contributed by atoms with E-state index in [1.807, 2.05) is 0 Å². The van der Waals surface area contributed by atoms with E-state index in [9.17, 15) is 0 Å². The Bertz CT molecular complexity index is 413. The molecule has 3 rings (SSSR count). The average molecular weight is 217 g/mol. The third-order valence-electron chi connectivity index (χ3n) is 4.17. The van der Waals surface area contributed by atoms with Gasteiger partial charge in [0.15, 0.2) is 0 Å². The summed E-state index contributed by atoms with van der Waals surface area (Å²) >= 11 is 0. The molecule has 2 atom stereocenters. The number of benzene rings is 1. The van der Waals surface area contributed by atoms with Crippen molar-refractivity contribution in [2.45, 2.75) is 38.1 Å². The second-order valence-corrected chi connectivity index (χ2v) is 4.98. The third-order valence-corrected chi connectivity index (χ3v) is 4.17. The molecule has 1 heterocycles. The van der Waals surface area contributed by atoms with E-state index in [4.69, 9.17) is 4.74 Å². The highest BCUT2D eigenvalue weighted by atomic mass is 16.5. The molecule has 1 aromatic carbocycles. The molecule has 1 saturated heterocycles. The molecule has 2 aliphatic rings. The topological polar surface area (TPSA) is 21.3 Å². The summed E-state index contributed by atoms with van der Waals surface area (Å²) in [7, 11) is 1.76. The van der Waals surface area contributed by atoms with Crippen molar-refractivity contribution in [1.29, 1.82) is 0 Å². The first kappa shape index (κ1) is 10.2. The van der Waals surface area contributed by atoms with Crippen LogP contribution in [0.5, 0.6) is 5.75 Å². The Balaban J connectivity index is 2.06. The molecule has 0 amide bonds. The predicted molar refractivity (Wildman–Crippen MR) is 65.2 cm³/mol. The molecule has 0 radical (unpaired) electrons. The molecule has 1 N–H and O–H groups in total. The number of methoxy groups -OCH3 is 1. The number of hydrogen-bond donors (Lipinski definition) is 1. The summed E-state index contributed by atoms with van der Waals surface area (Å²) < 4.78 is 5.43. The number of rotatable bonds is 1. The zero-order chi connectivity index (χ0) is 11.1.